The average Bonchev–Trinajstić information content (AvgIpc) is 2.65. The van der Waals surface area contributed by atoms with Crippen LogP contribution >= 0.6 is 0 Å². The Morgan fingerprint density at radius 3 is 2.38 bits per heavy atom. The van der Waals surface area contributed by atoms with Gasteiger partial charge in [-0.05, 0) is 58.2 Å². The number of ether oxygens (including phenoxy) is 3. The van der Waals surface area contributed by atoms with E-state index in [4.69, 9.17) is 14.2 Å². The second kappa shape index (κ2) is 8.22. The Labute approximate surface area is 172 Å². The van der Waals surface area contributed by atoms with Crippen molar-refractivity contribution >= 4 is 12.0 Å². The molecule has 2 aliphatic rings. The summed E-state index contributed by atoms with van der Waals surface area (Å²) in [6, 6.07) is 7.76. The van der Waals surface area contributed by atoms with Crippen molar-refractivity contribution in [3.8, 4) is 5.75 Å². The van der Waals surface area contributed by atoms with Crippen LogP contribution in [0.25, 0.3) is 0 Å². The molecule has 1 spiro atoms. The number of benzene rings is 1. The van der Waals surface area contributed by atoms with Crippen LogP contribution in [0.4, 0.5) is 4.79 Å². The van der Waals surface area contributed by atoms with Crippen molar-refractivity contribution < 1.29 is 23.8 Å². The monoisotopic (exact) mass is 404 g/mol. The Morgan fingerprint density at radius 1 is 1.21 bits per heavy atom. The van der Waals surface area contributed by atoms with Gasteiger partial charge in [-0.2, -0.15) is 0 Å². The van der Waals surface area contributed by atoms with Gasteiger partial charge in [0.1, 0.15) is 17.5 Å². The van der Waals surface area contributed by atoms with Gasteiger partial charge in [-0.25, -0.2) is 4.79 Å². The van der Waals surface area contributed by atoms with Gasteiger partial charge in [0.2, 0.25) is 0 Å². The maximum Gasteiger partial charge on any atom is 0.410 e. The number of methoxy groups -OCH3 is 1. The van der Waals surface area contributed by atoms with Crippen LogP contribution in [-0.2, 0) is 20.8 Å². The lowest BCUT2D eigenvalue weighted by atomic mass is 9.88. The highest BCUT2D eigenvalue weighted by Crippen LogP contribution is 2.34. The highest BCUT2D eigenvalue weighted by Gasteiger charge is 2.46. The number of piperidine rings is 1. The van der Waals surface area contributed by atoms with Gasteiger partial charge in [0.05, 0.1) is 19.3 Å². The second-order valence-corrected chi connectivity index (χ2v) is 8.95. The van der Waals surface area contributed by atoms with Gasteiger partial charge < -0.3 is 24.0 Å². The van der Waals surface area contributed by atoms with Gasteiger partial charge in [0.25, 0.3) is 5.91 Å². The molecule has 160 valence electrons. The van der Waals surface area contributed by atoms with Gasteiger partial charge >= 0.3 is 6.09 Å². The summed E-state index contributed by atoms with van der Waals surface area (Å²) >= 11 is 0. The number of carbonyl (C=O) groups excluding carboxylic acids is 2. The summed E-state index contributed by atoms with van der Waals surface area (Å²) in [4.78, 5) is 28.7. The normalized spacial score (nSPS) is 22.0. The molecule has 0 aliphatic carbocycles. The van der Waals surface area contributed by atoms with Crippen molar-refractivity contribution in [3.05, 3.63) is 29.8 Å². The van der Waals surface area contributed by atoms with Crippen molar-refractivity contribution in [1.29, 1.82) is 0 Å². The van der Waals surface area contributed by atoms with E-state index in [2.05, 4.69) is 0 Å². The highest BCUT2D eigenvalue weighted by atomic mass is 16.6. The third-order valence-electron chi connectivity index (χ3n) is 5.42. The van der Waals surface area contributed by atoms with E-state index < -0.39 is 17.3 Å². The number of rotatable bonds is 3. The molecule has 0 aromatic heterocycles. The molecule has 2 fully saturated rings. The molecule has 1 aromatic carbocycles. The fourth-order valence-corrected chi connectivity index (χ4v) is 3.93. The first kappa shape index (κ1) is 21.4. The van der Waals surface area contributed by atoms with Crippen molar-refractivity contribution in [1.82, 2.24) is 9.80 Å². The summed E-state index contributed by atoms with van der Waals surface area (Å²) in [6.45, 7) is 9.60. The molecule has 1 unspecified atom stereocenters. The molecule has 0 radical (unpaired) electrons. The van der Waals surface area contributed by atoms with Crippen LogP contribution in [0.1, 0.15) is 46.1 Å². The lowest BCUT2D eigenvalue weighted by Gasteiger charge is -2.49. The molecule has 7 nitrogen and oxygen atoms in total. The van der Waals surface area contributed by atoms with Gasteiger partial charge in [0, 0.05) is 19.6 Å². The van der Waals surface area contributed by atoms with Crippen molar-refractivity contribution in [2.75, 3.05) is 26.7 Å². The number of carbonyl (C=O) groups is 2. The SMILES string of the molecule is COc1ccc(CN2CC3(CCN(C(=O)OC(C)(C)C)CC3)OC(C)C2=O)cc1. The van der Waals surface area contributed by atoms with Crippen LogP contribution in [0.5, 0.6) is 5.75 Å². The fraction of sp³-hybridized carbons (Fsp3) is 0.636. The first-order valence-corrected chi connectivity index (χ1v) is 10.2. The van der Waals surface area contributed by atoms with Gasteiger partial charge in [0.15, 0.2) is 0 Å². The minimum atomic E-state index is -0.510. The van der Waals surface area contributed by atoms with E-state index in [-0.39, 0.29) is 12.0 Å². The number of likely N-dealkylation sites (tertiary alicyclic amines) is 1. The average molecular weight is 405 g/mol. The summed E-state index contributed by atoms with van der Waals surface area (Å²) in [6.07, 6.45) is 0.587. The van der Waals surface area contributed by atoms with E-state index in [1.165, 1.54) is 0 Å². The zero-order valence-electron chi connectivity index (χ0n) is 18.1. The molecule has 29 heavy (non-hydrogen) atoms. The molecule has 7 heteroatoms. The Kier molecular flexibility index (Phi) is 6.08. The summed E-state index contributed by atoms with van der Waals surface area (Å²) < 4.78 is 16.9. The summed E-state index contributed by atoms with van der Waals surface area (Å²) in [7, 11) is 1.63. The van der Waals surface area contributed by atoms with Crippen molar-refractivity contribution in [2.24, 2.45) is 0 Å². The molecule has 2 saturated heterocycles. The zero-order valence-corrected chi connectivity index (χ0v) is 18.1. The Hall–Kier alpha value is -2.28. The number of morpholine rings is 1. The minimum absolute atomic E-state index is 0.000940. The summed E-state index contributed by atoms with van der Waals surface area (Å²) in [5, 5.41) is 0. The van der Waals surface area contributed by atoms with Crippen molar-refractivity contribution in [3.63, 3.8) is 0 Å². The van der Waals surface area contributed by atoms with Crippen LogP contribution in [0.3, 0.4) is 0 Å². The molecular formula is C22H32N2O5. The van der Waals surface area contributed by atoms with Gasteiger partial charge in [-0.15, -0.1) is 0 Å². The molecule has 0 bridgehead atoms. The predicted molar refractivity (Wildman–Crippen MR) is 109 cm³/mol. The third kappa shape index (κ3) is 5.21. The Bertz CT molecular complexity index is 733. The van der Waals surface area contributed by atoms with Crippen molar-refractivity contribution in [2.45, 2.75) is 64.4 Å². The molecule has 0 N–H and O–H groups in total. The standard InChI is InChI=1S/C22H32N2O5/c1-16-19(25)24(14-17-6-8-18(27-5)9-7-17)15-22(28-16)10-12-23(13-11-22)20(26)29-21(2,3)4/h6-9,16H,10-15H2,1-5H3. The summed E-state index contributed by atoms with van der Waals surface area (Å²) in [5.74, 6) is 0.794. The number of hydrogen-bond acceptors (Lipinski definition) is 5. The third-order valence-corrected chi connectivity index (χ3v) is 5.42. The summed E-state index contributed by atoms with van der Waals surface area (Å²) in [5.41, 5.74) is 0.122. The second-order valence-electron chi connectivity index (χ2n) is 8.95. The predicted octanol–water partition coefficient (Wildman–Crippen LogP) is 3.21. The Morgan fingerprint density at radius 2 is 1.83 bits per heavy atom. The smallest absolute Gasteiger partial charge is 0.410 e. The number of amides is 2. The van der Waals surface area contributed by atoms with Crippen LogP contribution in [-0.4, -0.2) is 65.9 Å². The van der Waals surface area contributed by atoms with Crippen LogP contribution in [0, 0.1) is 0 Å². The quantitative estimate of drug-likeness (QED) is 0.774. The first-order chi connectivity index (χ1) is 13.6. The Balaban J connectivity index is 1.64. The maximum atomic E-state index is 12.7. The van der Waals surface area contributed by atoms with E-state index in [0.717, 1.165) is 11.3 Å². The zero-order chi connectivity index (χ0) is 21.2. The molecule has 1 aromatic rings. The minimum Gasteiger partial charge on any atom is -0.497 e. The number of hydrogen-bond donors (Lipinski definition) is 0. The van der Waals surface area contributed by atoms with E-state index in [1.807, 2.05) is 56.9 Å². The van der Waals surface area contributed by atoms with E-state index >= 15 is 0 Å². The van der Waals surface area contributed by atoms with Crippen LogP contribution < -0.4 is 4.74 Å². The van der Waals surface area contributed by atoms with Gasteiger partial charge in [-0.1, -0.05) is 12.1 Å². The molecule has 2 aliphatic heterocycles. The topological polar surface area (TPSA) is 68.3 Å². The van der Waals surface area contributed by atoms with E-state index in [1.54, 1.807) is 12.0 Å². The van der Waals surface area contributed by atoms with Crippen LogP contribution in [0.2, 0.25) is 0 Å². The van der Waals surface area contributed by atoms with Gasteiger partial charge in [-0.3, -0.25) is 4.79 Å². The van der Waals surface area contributed by atoms with E-state index in [9.17, 15) is 9.59 Å². The largest absolute Gasteiger partial charge is 0.497 e. The molecule has 3 rings (SSSR count). The molecule has 2 heterocycles. The van der Waals surface area contributed by atoms with E-state index in [0.29, 0.717) is 39.0 Å². The lowest BCUT2D eigenvalue weighted by Crippen LogP contribution is -2.61. The number of nitrogens with zero attached hydrogens (tertiary/aromatic N) is 2. The molecule has 1 atom stereocenters. The maximum absolute atomic E-state index is 12.7. The highest BCUT2D eigenvalue weighted by molar-refractivity contribution is 5.81. The molecular weight excluding hydrogens is 372 g/mol. The first-order valence-electron chi connectivity index (χ1n) is 10.2. The lowest BCUT2D eigenvalue weighted by molar-refractivity contribution is -0.190. The molecule has 0 saturated carbocycles. The van der Waals surface area contributed by atoms with Crippen LogP contribution in [0.15, 0.2) is 24.3 Å². The molecule has 2 amide bonds. The fourth-order valence-electron chi connectivity index (χ4n) is 3.93.